The lowest BCUT2D eigenvalue weighted by atomic mass is 10.2. The van der Waals surface area contributed by atoms with Crippen LogP contribution in [0.1, 0.15) is 6.42 Å². The lowest BCUT2D eigenvalue weighted by Crippen LogP contribution is -2.41. The maximum Gasteiger partial charge on any atom is 0.325 e. The van der Waals surface area contributed by atoms with E-state index in [9.17, 15) is 19.1 Å². The number of aromatic nitrogens is 2. The van der Waals surface area contributed by atoms with Crippen molar-refractivity contribution in [3.8, 4) is 5.69 Å². The van der Waals surface area contributed by atoms with Crippen molar-refractivity contribution in [3.63, 3.8) is 0 Å². The Labute approximate surface area is 178 Å². The molecule has 0 aliphatic carbocycles. The van der Waals surface area contributed by atoms with Crippen molar-refractivity contribution in [2.45, 2.75) is 12.5 Å². The van der Waals surface area contributed by atoms with Crippen LogP contribution in [0.15, 0.2) is 48.7 Å². The minimum absolute atomic E-state index is 0.00742. The zero-order chi connectivity index (χ0) is 21.5. The fraction of sp³-hybridized carbons (Fsp3) is 0.318. The fourth-order valence-corrected chi connectivity index (χ4v) is 4.27. The molecule has 31 heavy (non-hydrogen) atoms. The molecule has 3 heterocycles. The number of urea groups is 1. The summed E-state index contributed by atoms with van der Waals surface area (Å²) in [5, 5.41) is 14.7. The minimum atomic E-state index is -0.488. The molecule has 2 aliphatic rings. The SMILES string of the molecule is O=C(CN1CCN(c2cccc3c2cnn3-c2ccccc2F)C1=O)N1CCC(O)C1. The first kappa shape index (κ1) is 19.5. The number of amides is 3. The van der Waals surface area contributed by atoms with Gasteiger partial charge in [0.05, 0.1) is 23.5 Å². The molecule has 0 saturated carbocycles. The van der Waals surface area contributed by atoms with Crippen molar-refractivity contribution in [1.29, 1.82) is 0 Å². The average Bonchev–Trinajstić information content (AvgIpc) is 3.48. The first-order valence-electron chi connectivity index (χ1n) is 10.3. The number of halogens is 1. The molecule has 8 nitrogen and oxygen atoms in total. The van der Waals surface area contributed by atoms with E-state index in [0.29, 0.717) is 49.5 Å². The number of hydrogen-bond acceptors (Lipinski definition) is 4. The van der Waals surface area contributed by atoms with Gasteiger partial charge in [0.15, 0.2) is 0 Å². The molecule has 1 unspecified atom stereocenters. The van der Waals surface area contributed by atoms with Gasteiger partial charge in [-0.15, -0.1) is 0 Å². The van der Waals surface area contributed by atoms with Crippen LogP contribution in [0.25, 0.3) is 16.6 Å². The fourth-order valence-electron chi connectivity index (χ4n) is 4.27. The van der Waals surface area contributed by atoms with Crippen molar-refractivity contribution in [3.05, 3.63) is 54.5 Å². The Morgan fingerprint density at radius 2 is 1.90 bits per heavy atom. The van der Waals surface area contributed by atoms with E-state index in [1.807, 2.05) is 18.2 Å². The summed E-state index contributed by atoms with van der Waals surface area (Å²) in [6.07, 6.45) is 1.71. The average molecular weight is 423 g/mol. The van der Waals surface area contributed by atoms with Crippen LogP contribution in [0, 0.1) is 5.82 Å². The Balaban J connectivity index is 1.40. The molecule has 1 atom stereocenters. The highest BCUT2D eigenvalue weighted by Gasteiger charge is 2.34. The number of carbonyl (C=O) groups is 2. The molecule has 1 N–H and O–H groups in total. The van der Waals surface area contributed by atoms with Crippen LogP contribution in [0.4, 0.5) is 14.9 Å². The Bertz CT molecular complexity index is 1160. The quantitative estimate of drug-likeness (QED) is 0.696. The molecular weight excluding hydrogens is 401 g/mol. The van der Waals surface area contributed by atoms with Gasteiger partial charge >= 0.3 is 6.03 Å². The number of nitrogens with zero attached hydrogens (tertiary/aromatic N) is 5. The molecule has 3 amide bonds. The van der Waals surface area contributed by atoms with E-state index in [0.717, 1.165) is 5.39 Å². The van der Waals surface area contributed by atoms with Crippen molar-refractivity contribution in [2.75, 3.05) is 37.6 Å². The second-order valence-electron chi connectivity index (χ2n) is 7.86. The maximum absolute atomic E-state index is 14.3. The van der Waals surface area contributed by atoms with E-state index < -0.39 is 6.10 Å². The number of anilines is 1. The summed E-state index contributed by atoms with van der Waals surface area (Å²) >= 11 is 0. The lowest BCUT2D eigenvalue weighted by Gasteiger charge is -2.22. The molecule has 0 radical (unpaired) electrons. The standard InChI is InChI=1S/C22H22FN5O3/c23-17-4-1-2-5-20(17)28-19-7-3-6-18(16(19)12-24-28)27-11-10-26(22(27)31)14-21(30)25-9-8-15(29)13-25/h1-7,12,15,29H,8-11,13-14H2. The molecule has 2 saturated heterocycles. The van der Waals surface area contributed by atoms with Crippen LogP contribution in [0.3, 0.4) is 0 Å². The van der Waals surface area contributed by atoms with Crippen LogP contribution < -0.4 is 4.90 Å². The number of fused-ring (bicyclic) bond motifs is 1. The van der Waals surface area contributed by atoms with E-state index in [2.05, 4.69) is 5.10 Å². The van der Waals surface area contributed by atoms with Crippen molar-refractivity contribution >= 4 is 28.5 Å². The third-order valence-corrected chi connectivity index (χ3v) is 5.90. The van der Waals surface area contributed by atoms with Gasteiger partial charge < -0.3 is 14.9 Å². The molecule has 0 spiro atoms. The van der Waals surface area contributed by atoms with Crippen LogP contribution in [-0.4, -0.2) is 75.5 Å². The predicted molar refractivity (Wildman–Crippen MR) is 113 cm³/mol. The molecular formula is C22H22FN5O3. The molecule has 3 aromatic rings. The Morgan fingerprint density at radius 1 is 1.10 bits per heavy atom. The number of rotatable bonds is 4. The summed E-state index contributed by atoms with van der Waals surface area (Å²) in [6, 6.07) is 11.6. The number of hydrogen-bond donors (Lipinski definition) is 1. The number of aliphatic hydroxyl groups excluding tert-OH is 1. The highest BCUT2D eigenvalue weighted by molar-refractivity contribution is 6.04. The summed E-state index contributed by atoms with van der Waals surface area (Å²) in [5.41, 5.74) is 1.70. The summed E-state index contributed by atoms with van der Waals surface area (Å²) in [6.45, 7) is 1.70. The van der Waals surface area contributed by atoms with E-state index in [-0.39, 0.29) is 24.3 Å². The molecule has 2 aliphatic heterocycles. The van der Waals surface area contributed by atoms with Gasteiger partial charge in [-0.05, 0) is 30.7 Å². The van der Waals surface area contributed by atoms with Gasteiger partial charge in [-0.25, -0.2) is 13.9 Å². The highest BCUT2D eigenvalue weighted by atomic mass is 19.1. The second kappa shape index (κ2) is 7.66. The minimum Gasteiger partial charge on any atom is -0.391 e. The van der Waals surface area contributed by atoms with Gasteiger partial charge in [0.2, 0.25) is 5.91 Å². The molecule has 160 valence electrons. The van der Waals surface area contributed by atoms with Crippen molar-refractivity contribution in [2.24, 2.45) is 0 Å². The molecule has 5 rings (SSSR count). The molecule has 2 aromatic carbocycles. The smallest absolute Gasteiger partial charge is 0.325 e. The summed E-state index contributed by atoms with van der Waals surface area (Å²) < 4.78 is 15.8. The van der Waals surface area contributed by atoms with Crippen LogP contribution in [-0.2, 0) is 4.79 Å². The number of likely N-dealkylation sites (tertiary alicyclic amines) is 1. The van der Waals surface area contributed by atoms with E-state index in [1.165, 1.54) is 15.6 Å². The van der Waals surface area contributed by atoms with Crippen LogP contribution >= 0.6 is 0 Å². The normalized spacial score (nSPS) is 19.1. The van der Waals surface area contributed by atoms with Crippen LogP contribution in [0.2, 0.25) is 0 Å². The van der Waals surface area contributed by atoms with Crippen molar-refractivity contribution in [1.82, 2.24) is 19.6 Å². The largest absolute Gasteiger partial charge is 0.391 e. The summed E-state index contributed by atoms with van der Waals surface area (Å²) in [7, 11) is 0. The summed E-state index contributed by atoms with van der Waals surface area (Å²) in [4.78, 5) is 30.3. The van der Waals surface area contributed by atoms with Crippen LogP contribution in [0.5, 0.6) is 0 Å². The topological polar surface area (TPSA) is 81.9 Å². The van der Waals surface area contributed by atoms with Gasteiger partial charge in [0, 0.05) is 31.6 Å². The Morgan fingerprint density at radius 3 is 2.68 bits per heavy atom. The lowest BCUT2D eigenvalue weighted by molar-refractivity contribution is -0.130. The highest BCUT2D eigenvalue weighted by Crippen LogP contribution is 2.31. The molecule has 1 aromatic heterocycles. The number of β-amino-alcohol motifs (C(OH)–C–C–N with tert-alkyl or cyclic N) is 1. The molecule has 9 heteroatoms. The zero-order valence-corrected chi connectivity index (χ0v) is 16.8. The van der Waals surface area contributed by atoms with E-state index >= 15 is 0 Å². The first-order valence-corrected chi connectivity index (χ1v) is 10.3. The van der Waals surface area contributed by atoms with E-state index in [4.69, 9.17) is 0 Å². The van der Waals surface area contributed by atoms with Crippen molar-refractivity contribution < 1.29 is 19.1 Å². The third-order valence-electron chi connectivity index (χ3n) is 5.90. The monoisotopic (exact) mass is 423 g/mol. The molecule has 2 fully saturated rings. The van der Waals surface area contributed by atoms with Gasteiger partial charge in [-0.3, -0.25) is 9.69 Å². The first-order chi connectivity index (χ1) is 15.0. The van der Waals surface area contributed by atoms with Gasteiger partial charge in [-0.2, -0.15) is 5.10 Å². The number of aliphatic hydroxyl groups is 1. The molecule has 0 bridgehead atoms. The van der Waals surface area contributed by atoms with Gasteiger partial charge in [-0.1, -0.05) is 18.2 Å². The second-order valence-corrected chi connectivity index (χ2v) is 7.86. The Kier molecular flexibility index (Phi) is 4.82. The predicted octanol–water partition coefficient (Wildman–Crippen LogP) is 2.00. The zero-order valence-electron chi connectivity index (χ0n) is 16.8. The number of para-hydroxylation sites is 1. The van der Waals surface area contributed by atoms with Gasteiger partial charge in [0.1, 0.15) is 18.0 Å². The maximum atomic E-state index is 14.3. The number of carbonyl (C=O) groups excluding carboxylic acids is 2. The Hall–Kier alpha value is -3.46. The third kappa shape index (κ3) is 3.40. The number of benzene rings is 2. The van der Waals surface area contributed by atoms with E-state index in [1.54, 1.807) is 34.2 Å². The summed E-state index contributed by atoms with van der Waals surface area (Å²) in [5.74, 6) is -0.538. The van der Waals surface area contributed by atoms with Gasteiger partial charge in [0.25, 0.3) is 0 Å².